The number of hydrogen-bond donors (Lipinski definition) is 0. The molecule has 0 radical (unpaired) electrons. The van der Waals surface area contributed by atoms with Crippen molar-refractivity contribution in [2.75, 3.05) is 11.4 Å². The number of amides is 1. The summed E-state index contributed by atoms with van der Waals surface area (Å²) >= 11 is 6.15. The lowest BCUT2D eigenvalue weighted by molar-refractivity contribution is -0.117. The molecule has 3 heteroatoms. The first-order valence-corrected chi connectivity index (χ1v) is 5.68. The molecule has 0 aliphatic carbocycles. The quantitative estimate of drug-likeness (QED) is 0.721. The Morgan fingerprint density at radius 3 is 2.88 bits per heavy atom. The summed E-state index contributed by atoms with van der Waals surface area (Å²) in [5, 5.41) is 0.637. The van der Waals surface area contributed by atoms with Crippen LogP contribution in [0, 0.1) is 12.8 Å². The highest BCUT2D eigenvalue weighted by atomic mass is 35.5. The predicted octanol–water partition coefficient (Wildman–Crippen LogP) is 3.19. The molecule has 1 unspecified atom stereocenters. The van der Waals surface area contributed by atoms with E-state index in [2.05, 4.69) is 6.58 Å². The number of rotatable bonds is 2. The van der Waals surface area contributed by atoms with E-state index in [1.807, 2.05) is 31.2 Å². The monoisotopic (exact) mass is 235 g/mol. The van der Waals surface area contributed by atoms with Crippen molar-refractivity contribution >= 4 is 23.2 Å². The van der Waals surface area contributed by atoms with Gasteiger partial charge in [0.2, 0.25) is 5.91 Å². The van der Waals surface area contributed by atoms with Crippen molar-refractivity contribution in [1.29, 1.82) is 0 Å². The van der Waals surface area contributed by atoms with E-state index in [-0.39, 0.29) is 11.8 Å². The average Bonchev–Trinajstić information content (AvgIpc) is 2.60. The van der Waals surface area contributed by atoms with Crippen LogP contribution in [0.4, 0.5) is 5.69 Å². The van der Waals surface area contributed by atoms with Gasteiger partial charge in [-0.05, 0) is 24.6 Å². The molecule has 0 bridgehead atoms. The first-order chi connectivity index (χ1) is 7.61. The summed E-state index contributed by atoms with van der Waals surface area (Å²) < 4.78 is 0. The molecule has 0 spiro atoms. The number of benzene rings is 1. The van der Waals surface area contributed by atoms with Crippen LogP contribution in [0.15, 0.2) is 30.9 Å². The van der Waals surface area contributed by atoms with Crippen molar-refractivity contribution in [3.8, 4) is 0 Å². The molecule has 84 valence electrons. The summed E-state index contributed by atoms with van der Waals surface area (Å²) in [7, 11) is 0. The molecule has 0 saturated carbocycles. The lowest BCUT2D eigenvalue weighted by Gasteiger charge is -2.18. The molecule has 1 heterocycles. The Bertz CT molecular complexity index is 442. The van der Waals surface area contributed by atoms with Gasteiger partial charge in [-0.25, -0.2) is 0 Å². The Kier molecular flexibility index (Phi) is 3.01. The van der Waals surface area contributed by atoms with Gasteiger partial charge in [-0.2, -0.15) is 0 Å². The molecule has 0 N–H and O–H groups in total. The minimum absolute atomic E-state index is 0.121. The van der Waals surface area contributed by atoms with Crippen molar-refractivity contribution in [3.63, 3.8) is 0 Å². The van der Waals surface area contributed by atoms with Crippen LogP contribution in [-0.4, -0.2) is 12.5 Å². The molecule has 2 nitrogen and oxygen atoms in total. The fourth-order valence-electron chi connectivity index (χ4n) is 1.96. The van der Waals surface area contributed by atoms with Crippen LogP contribution in [0.2, 0.25) is 5.02 Å². The van der Waals surface area contributed by atoms with E-state index in [4.69, 9.17) is 11.6 Å². The maximum Gasteiger partial charge on any atom is 0.227 e. The first kappa shape index (κ1) is 11.2. The summed E-state index contributed by atoms with van der Waals surface area (Å²) in [6, 6.07) is 5.75. The fraction of sp³-hybridized carbons (Fsp3) is 0.308. The summed E-state index contributed by atoms with van der Waals surface area (Å²) in [5.41, 5.74) is 1.90. The molecule has 16 heavy (non-hydrogen) atoms. The topological polar surface area (TPSA) is 20.3 Å². The minimum atomic E-state index is 0.121. The lowest BCUT2D eigenvalue weighted by Crippen LogP contribution is -2.24. The van der Waals surface area contributed by atoms with Crippen LogP contribution in [-0.2, 0) is 4.79 Å². The number of anilines is 1. The predicted molar refractivity (Wildman–Crippen MR) is 66.8 cm³/mol. The molecular weight excluding hydrogens is 222 g/mol. The van der Waals surface area contributed by atoms with E-state index in [0.717, 1.165) is 11.3 Å². The molecule has 1 aliphatic heterocycles. The molecule has 1 aliphatic rings. The standard InChI is InChI=1S/C13H14ClNO/c1-3-10-7-13(16)15(8-10)12-5-4-9(2)6-11(12)14/h3-6,10H,1,7-8H2,2H3. The number of carbonyl (C=O) groups is 1. The molecule has 1 fully saturated rings. The summed E-state index contributed by atoms with van der Waals surface area (Å²) in [6.07, 6.45) is 2.37. The highest BCUT2D eigenvalue weighted by molar-refractivity contribution is 6.34. The van der Waals surface area contributed by atoms with Crippen LogP contribution >= 0.6 is 11.6 Å². The third-order valence-corrected chi connectivity index (χ3v) is 3.18. The zero-order valence-corrected chi connectivity index (χ0v) is 10.00. The summed E-state index contributed by atoms with van der Waals surface area (Å²) in [6.45, 7) is 6.40. The van der Waals surface area contributed by atoms with E-state index in [0.29, 0.717) is 18.0 Å². The highest BCUT2D eigenvalue weighted by Crippen LogP contribution is 2.31. The molecule has 1 amide bonds. The summed E-state index contributed by atoms with van der Waals surface area (Å²) in [5.74, 6) is 0.362. The number of hydrogen-bond acceptors (Lipinski definition) is 1. The van der Waals surface area contributed by atoms with Crippen LogP contribution in [0.3, 0.4) is 0 Å². The van der Waals surface area contributed by atoms with Crippen LogP contribution < -0.4 is 4.90 Å². The highest BCUT2D eigenvalue weighted by Gasteiger charge is 2.29. The van der Waals surface area contributed by atoms with Crippen LogP contribution in [0.5, 0.6) is 0 Å². The van der Waals surface area contributed by atoms with Crippen molar-refractivity contribution in [2.45, 2.75) is 13.3 Å². The van der Waals surface area contributed by atoms with Crippen molar-refractivity contribution in [3.05, 3.63) is 41.4 Å². The smallest absolute Gasteiger partial charge is 0.227 e. The van der Waals surface area contributed by atoms with E-state index >= 15 is 0 Å². The van der Waals surface area contributed by atoms with Gasteiger partial charge in [-0.3, -0.25) is 4.79 Å². The Hall–Kier alpha value is -1.28. The van der Waals surface area contributed by atoms with Gasteiger partial charge in [-0.15, -0.1) is 6.58 Å². The zero-order chi connectivity index (χ0) is 11.7. The van der Waals surface area contributed by atoms with Gasteiger partial charge in [0.25, 0.3) is 0 Å². The van der Waals surface area contributed by atoms with Crippen molar-refractivity contribution in [1.82, 2.24) is 0 Å². The molecular formula is C13H14ClNO. The van der Waals surface area contributed by atoms with Crippen LogP contribution in [0.1, 0.15) is 12.0 Å². The molecule has 1 atom stereocenters. The number of nitrogens with zero attached hydrogens (tertiary/aromatic N) is 1. The van der Waals surface area contributed by atoms with Gasteiger partial charge in [0, 0.05) is 18.9 Å². The largest absolute Gasteiger partial charge is 0.310 e. The third kappa shape index (κ3) is 1.98. The molecule has 1 aromatic rings. The molecule has 0 aromatic heterocycles. The second kappa shape index (κ2) is 4.30. The van der Waals surface area contributed by atoms with Gasteiger partial charge in [0.1, 0.15) is 0 Å². The Morgan fingerprint density at radius 2 is 2.31 bits per heavy atom. The van der Waals surface area contributed by atoms with Gasteiger partial charge < -0.3 is 4.90 Å². The van der Waals surface area contributed by atoms with E-state index in [1.165, 1.54) is 0 Å². The van der Waals surface area contributed by atoms with Crippen molar-refractivity contribution < 1.29 is 4.79 Å². The summed E-state index contributed by atoms with van der Waals surface area (Å²) in [4.78, 5) is 13.5. The number of aryl methyl sites for hydroxylation is 1. The van der Waals surface area contributed by atoms with Gasteiger partial charge in [0.05, 0.1) is 10.7 Å². The van der Waals surface area contributed by atoms with E-state index < -0.39 is 0 Å². The van der Waals surface area contributed by atoms with E-state index in [9.17, 15) is 4.79 Å². The molecule has 1 saturated heterocycles. The fourth-order valence-corrected chi connectivity index (χ4v) is 2.29. The van der Waals surface area contributed by atoms with Crippen LogP contribution in [0.25, 0.3) is 0 Å². The van der Waals surface area contributed by atoms with Gasteiger partial charge in [-0.1, -0.05) is 23.7 Å². The average molecular weight is 236 g/mol. The maximum absolute atomic E-state index is 11.8. The first-order valence-electron chi connectivity index (χ1n) is 5.31. The lowest BCUT2D eigenvalue weighted by atomic mass is 10.1. The van der Waals surface area contributed by atoms with Gasteiger partial charge in [0.15, 0.2) is 0 Å². The third-order valence-electron chi connectivity index (χ3n) is 2.88. The van der Waals surface area contributed by atoms with Crippen molar-refractivity contribution in [2.24, 2.45) is 5.92 Å². The molecule has 2 rings (SSSR count). The number of carbonyl (C=O) groups excluding carboxylic acids is 1. The second-order valence-corrected chi connectivity index (χ2v) is 4.57. The Morgan fingerprint density at radius 1 is 1.56 bits per heavy atom. The SMILES string of the molecule is C=CC1CC(=O)N(c2ccc(C)cc2Cl)C1. The second-order valence-electron chi connectivity index (χ2n) is 4.16. The zero-order valence-electron chi connectivity index (χ0n) is 9.24. The van der Waals surface area contributed by atoms with E-state index in [1.54, 1.807) is 4.90 Å². The normalized spacial score (nSPS) is 20.2. The Labute approximate surface area is 101 Å². The maximum atomic E-state index is 11.8. The minimum Gasteiger partial charge on any atom is -0.310 e. The Balaban J connectivity index is 2.31. The molecule has 1 aromatic carbocycles. The number of halogens is 1. The van der Waals surface area contributed by atoms with Gasteiger partial charge >= 0.3 is 0 Å².